The summed E-state index contributed by atoms with van der Waals surface area (Å²) in [6.45, 7) is 6.34. The van der Waals surface area contributed by atoms with E-state index in [1.165, 1.54) is 44.9 Å². The summed E-state index contributed by atoms with van der Waals surface area (Å²) in [6.07, 6.45) is 10.5. The lowest BCUT2D eigenvalue weighted by Crippen LogP contribution is -2.00. The van der Waals surface area contributed by atoms with Gasteiger partial charge in [-0.05, 0) is 19.3 Å². The molecule has 0 aliphatic rings. The number of aliphatic hydroxyl groups excluding tert-OH is 1. The smallest absolute Gasteiger partial charge is 0.0459 e. The molecule has 0 aliphatic carbocycles. The van der Waals surface area contributed by atoms with Gasteiger partial charge in [0.15, 0.2) is 0 Å². The van der Waals surface area contributed by atoms with Crippen molar-refractivity contribution in [3.05, 3.63) is 6.92 Å². The molecule has 1 N–H and O–H groups in total. The zero-order valence-corrected chi connectivity index (χ0v) is 9.10. The third-order valence-electron chi connectivity index (χ3n) is 2.47. The summed E-state index contributed by atoms with van der Waals surface area (Å²) in [5, 5.41) is 8.74. The van der Waals surface area contributed by atoms with Crippen LogP contribution in [-0.2, 0) is 0 Å². The van der Waals surface area contributed by atoms with E-state index in [1.807, 2.05) is 0 Å². The standard InChI is InChI=1S/C12H25O/c1-3-4-5-6-7-8-9-10-12(2)11-13/h12-13H,2-11H2,1H3. The molecule has 79 valence electrons. The predicted octanol–water partition coefficient (Wildman–Crippen LogP) is 3.57. The van der Waals surface area contributed by atoms with Gasteiger partial charge in [0, 0.05) is 6.61 Å². The van der Waals surface area contributed by atoms with E-state index in [9.17, 15) is 0 Å². The number of rotatable bonds is 9. The van der Waals surface area contributed by atoms with Crippen molar-refractivity contribution in [2.24, 2.45) is 5.92 Å². The number of unbranched alkanes of at least 4 members (excludes halogenated alkanes) is 6. The van der Waals surface area contributed by atoms with Gasteiger partial charge < -0.3 is 5.11 Å². The molecule has 1 radical (unpaired) electrons. The molecule has 0 heterocycles. The van der Waals surface area contributed by atoms with Gasteiger partial charge in [0.05, 0.1) is 0 Å². The van der Waals surface area contributed by atoms with E-state index in [4.69, 9.17) is 5.11 Å². The Bertz CT molecular complexity index is 91.1. The van der Waals surface area contributed by atoms with Crippen molar-refractivity contribution < 1.29 is 5.11 Å². The first-order valence-corrected chi connectivity index (χ1v) is 5.75. The molecule has 0 bridgehead atoms. The van der Waals surface area contributed by atoms with Crippen LogP contribution in [-0.4, -0.2) is 11.7 Å². The Morgan fingerprint density at radius 3 is 2.08 bits per heavy atom. The predicted molar refractivity (Wildman–Crippen MR) is 58.5 cm³/mol. The fraction of sp³-hybridized carbons (Fsp3) is 0.917. The van der Waals surface area contributed by atoms with Crippen molar-refractivity contribution in [1.82, 2.24) is 0 Å². The molecule has 0 aromatic carbocycles. The zero-order valence-electron chi connectivity index (χ0n) is 9.10. The first-order valence-electron chi connectivity index (χ1n) is 5.75. The molecule has 0 fully saturated rings. The summed E-state index contributed by atoms with van der Waals surface area (Å²) in [5.74, 6) is 0.260. The minimum Gasteiger partial charge on any atom is -0.396 e. The Labute approximate surface area is 83.5 Å². The zero-order chi connectivity index (χ0) is 9.94. The van der Waals surface area contributed by atoms with E-state index in [1.54, 1.807) is 0 Å². The fourth-order valence-corrected chi connectivity index (χ4v) is 1.48. The third kappa shape index (κ3) is 9.88. The highest BCUT2D eigenvalue weighted by atomic mass is 16.3. The number of hydrogen-bond acceptors (Lipinski definition) is 1. The molecule has 0 rings (SSSR count). The highest BCUT2D eigenvalue weighted by molar-refractivity contribution is 4.58. The minimum absolute atomic E-state index is 0.246. The largest absolute Gasteiger partial charge is 0.396 e. The topological polar surface area (TPSA) is 20.2 Å². The van der Waals surface area contributed by atoms with Gasteiger partial charge >= 0.3 is 0 Å². The van der Waals surface area contributed by atoms with Crippen LogP contribution in [0.1, 0.15) is 58.3 Å². The van der Waals surface area contributed by atoms with Crippen molar-refractivity contribution >= 4 is 0 Å². The first kappa shape index (κ1) is 13.0. The van der Waals surface area contributed by atoms with Gasteiger partial charge in [-0.15, -0.1) is 0 Å². The van der Waals surface area contributed by atoms with Gasteiger partial charge in [-0.1, -0.05) is 51.9 Å². The summed E-state index contributed by atoms with van der Waals surface area (Å²) in [6, 6.07) is 0. The van der Waals surface area contributed by atoms with Crippen LogP contribution in [0.4, 0.5) is 0 Å². The van der Waals surface area contributed by atoms with Crippen molar-refractivity contribution in [3.8, 4) is 0 Å². The van der Waals surface area contributed by atoms with Crippen LogP contribution in [0, 0.1) is 12.8 Å². The van der Waals surface area contributed by atoms with Crippen LogP contribution in [0.25, 0.3) is 0 Å². The summed E-state index contributed by atoms with van der Waals surface area (Å²) in [7, 11) is 0. The summed E-state index contributed by atoms with van der Waals surface area (Å²) < 4.78 is 0. The van der Waals surface area contributed by atoms with Crippen molar-refractivity contribution in [2.45, 2.75) is 58.3 Å². The molecular weight excluding hydrogens is 160 g/mol. The Kier molecular flexibility index (Phi) is 10.0. The van der Waals surface area contributed by atoms with E-state index < -0.39 is 0 Å². The van der Waals surface area contributed by atoms with Crippen LogP contribution >= 0.6 is 0 Å². The van der Waals surface area contributed by atoms with Gasteiger partial charge in [0.1, 0.15) is 0 Å². The molecule has 0 aromatic rings. The second-order valence-corrected chi connectivity index (χ2v) is 3.96. The Hall–Kier alpha value is -0.0400. The average Bonchev–Trinajstić information content (AvgIpc) is 2.16. The lowest BCUT2D eigenvalue weighted by molar-refractivity contribution is 0.242. The normalized spacial score (nSPS) is 13.2. The van der Waals surface area contributed by atoms with Gasteiger partial charge in [-0.25, -0.2) is 0 Å². The molecule has 1 atom stereocenters. The van der Waals surface area contributed by atoms with Crippen molar-refractivity contribution in [3.63, 3.8) is 0 Å². The SMILES string of the molecule is [CH2]C(CO)CCCCCCCCC. The van der Waals surface area contributed by atoms with E-state index >= 15 is 0 Å². The van der Waals surface area contributed by atoms with E-state index in [-0.39, 0.29) is 12.5 Å². The average molecular weight is 185 g/mol. The van der Waals surface area contributed by atoms with Gasteiger partial charge in [-0.3, -0.25) is 0 Å². The van der Waals surface area contributed by atoms with Gasteiger partial charge in [-0.2, -0.15) is 0 Å². The molecule has 0 spiro atoms. The minimum atomic E-state index is 0.246. The van der Waals surface area contributed by atoms with Crippen molar-refractivity contribution in [1.29, 1.82) is 0 Å². The molecule has 0 aliphatic heterocycles. The van der Waals surface area contributed by atoms with Crippen LogP contribution in [0.5, 0.6) is 0 Å². The van der Waals surface area contributed by atoms with Crippen LogP contribution in [0.3, 0.4) is 0 Å². The highest BCUT2D eigenvalue weighted by Crippen LogP contribution is 2.11. The molecule has 0 saturated carbocycles. The molecule has 1 unspecified atom stereocenters. The maximum Gasteiger partial charge on any atom is 0.0459 e. The maximum absolute atomic E-state index is 8.74. The molecule has 13 heavy (non-hydrogen) atoms. The number of aliphatic hydroxyl groups is 1. The van der Waals surface area contributed by atoms with E-state index in [0.717, 1.165) is 6.42 Å². The molecule has 1 nitrogen and oxygen atoms in total. The summed E-state index contributed by atoms with van der Waals surface area (Å²) in [5.41, 5.74) is 0. The molecule has 0 amide bonds. The van der Waals surface area contributed by atoms with Crippen molar-refractivity contribution in [2.75, 3.05) is 6.61 Å². The van der Waals surface area contributed by atoms with Crippen LogP contribution < -0.4 is 0 Å². The van der Waals surface area contributed by atoms with Gasteiger partial charge in [0.2, 0.25) is 0 Å². The Morgan fingerprint density at radius 2 is 1.54 bits per heavy atom. The second-order valence-electron chi connectivity index (χ2n) is 3.96. The molecular formula is C12H25O. The summed E-state index contributed by atoms with van der Waals surface area (Å²) >= 11 is 0. The first-order chi connectivity index (χ1) is 6.31. The Morgan fingerprint density at radius 1 is 1.00 bits per heavy atom. The number of hydrogen-bond donors (Lipinski definition) is 1. The lowest BCUT2D eigenvalue weighted by Gasteiger charge is -2.06. The van der Waals surface area contributed by atoms with Crippen LogP contribution in [0.2, 0.25) is 0 Å². The fourth-order valence-electron chi connectivity index (χ4n) is 1.48. The monoisotopic (exact) mass is 185 g/mol. The Balaban J connectivity index is 2.91. The molecule has 0 saturated heterocycles. The summed E-state index contributed by atoms with van der Waals surface area (Å²) in [4.78, 5) is 0. The van der Waals surface area contributed by atoms with Crippen LogP contribution in [0.15, 0.2) is 0 Å². The van der Waals surface area contributed by atoms with E-state index in [2.05, 4.69) is 13.8 Å². The highest BCUT2D eigenvalue weighted by Gasteiger charge is 1.98. The quantitative estimate of drug-likeness (QED) is 0.544. The third-order valence-corrected chi connectivity index (χ3v) is 2.47. The second kappa shape index (κ2) is 10.0. The lowest BCUT2D eigenvalue weighted by atomic mass is 10.0. The maximum atomic E-state index is 8.74. The van der Waals surface area contributed by atoms with Gasteiger partial charge in [0.25, 0.3) is 0 Å². The van der Waals surface area contributed by atoms with E-state index in [0.29, 0.717) is 0 Å². The molecule has 0 aromatic heterocycles. The molecule has 1 heteroatoms.